The summed E-state index contributed by atoms with van der Waals surface area (Å²) in [6.45, 7) is 1.90. The zero-order valence-electron chi connectivity index (χ0n) is 18.4. The number of methoxy groups -OCH3 is 2. The van der Waals surface area contributed by atoms with Gasteiger partial charge in [-0.15, -0.1) is 0 Å². The first-order chi connectivity index (χ1) is 16.3. The fraction of sp³-hybridized carbons (Fsp3) is 0.174. The molecular formula is C23H19ClN4O5S. The van der Waals surface area contributed by atoms with Gasteiger partial charge in [-0.05, 0) is 36.8 Å². The number of nitrogens with zero attached hydrogens (tertiary/aromatic N) is 4. The minimum absolute atomic E-state index is 0.0533. The van der Waals surface area contributed by atoms with Crippen LogP contribution in [0, 0.1) is 17.0 Å². The number of hydrogen-bond donors (Lipinski definition) is 0. The van der Waals surface area contributed by atoms with E-state index in [1.54, 1.807) is 30.5 Å². The quantitative estimate of drug-likeness (QED) is 0.247. The molecule has 11 heteroatoms. The molecule has 9 nitrogen and oxygen atoms in total. The van der Waals surface area contributed by atoms with E-state index in [1.165, 1.54) is 42.6 Å². The molecule has 0 N–H and O–H groups in total. The van der Waals surface area contributed by atoms with Crippen LogP contribution in [0.25, 0.3) is 10.2 Å². The van der Waals surface area contributed by atoms with Gasteiger partial charge in [-0.25, -0.2) is 4.98 Å². The van der Waals surface area contributed by atoms with E-state index in [1.807, 2.05) is 13.0 Å². The molecule has 2 heterocycles. The van der Waals surface area contributed by atoms with Crippen LogP contribution in [0.4, 0.5) is 10.8 Å². The normalized spacial score (nSPS) is 10.8. The first-order valence-corrected chi connectivity index (χ1v) is 11.2. The molecule has 174 valence electrons. The van der Waals surface area contributed by atoms with Crippen LogP contribution in [0.1, 0.15) is 21.6 Å². The molecule has 0 saturated heterocycles. The molecule has 0 aliphatic heterocycles. The predicted octanol–water partition coefficient (Wildman–Crippen LogP) is 5.43. The second-order valence-corrected chi connectivity index (χ2v) is 8.63. The van der Waals surface area contributed by atoms with Crippen molar-refractivity contribution in [3.8, 4) is 11.5 Å². The van der Waals surface area contributed by atoms with Crippen LogP contribution < -0.4 is 14.4 Å². The number of aryl methyl sites for hydroxylation is 1. The lowest BCUT2D eigenvalue weighted by Crippen LogP contribution is -2.31. The number of nitro groups is 1. The summed E-state index contributed by atoms with van der Waals surface area (Å²) < 4.78 is 11.3. The Kier molecular flexibility index (Phi) is 6.62. The highest BCUT2D eigenvalue weighted by Gasteiger charge is 2.31. The number of benzene rings is 2. The summed E-state index contributed by atoms with van der Waals surface area (Å²) in [4.78, 5) is 35.3. The van der Waals surface area contributed by atoms with Gasteiger partial charge in [-0.1, -0.05) is 29.0 Å². The summed E-state index contributed by atoms with van der Waals surface area (Å²) in [6, 6.07) is 11.4. The van der Waals surface area contributed by atoms with Gasteiger partial charge in [-0.3, -0.25) is 24.8 Å². The van der Waals surface area contributed by atoms with E-state index in [9.17, 15) is 14.9 Å². The molecule has 0 bridgehead atoms. The number of halogens is 1. The van der Waals surface area contributed by atoms with Crippen molar-refractivity contribution in [3.63, 3.8) is 0 Å². The standard InChI is InChI=1S/C23H19ClN4O5S/c1-13-16(24)7-8-20-21(13)26-23(34-20)27(12-14-6-4-5-9-25-14)22(29)15-10-18(32-2)19(33-3)11-17(15)28(30)31/h4-11H,12H2,1-3H3. The average Bonchev–Trinajstić information content (AvgIpc) is 3.29. The van der Waals surface area contributed by atoms with Crippen molar-refractivity contribution in [1.82, 2.24) is 9.97 Å². The number of anilines is 1. The van der Waals surface area contributed by atoms with Gasteiger partial charge in [0.25, 0.3) is 11.6 Å². The number of thiazole rings is 1. The molecule has 0 spiro atoms. The Morgan fingerprint density at radius 2 is 1.91 bits per heavy atom. The molecule has 0 saturated carbocycles. The minimum Gasteiger partial charge on any atom is -0.493 e. The third kappa shape index (κ3) is 4.37. The van der Waals surface area contributed by atoms with Crippen molar-refractivity contribution in [2.75, 3.05) is 19.1 Å². The fourth-order valence-corrected chi connectivity index (χ4v) is 4.60. The Morgan fingerprint density at radius 1 is 1.18 bits per heavy atom. The van der Waals surface area contributed by atoms with E-state index >= 15 is 0 Å². The van der Waals surface area contributed by atoms with Crippen molar-refractivity contribution in [3.05, 3.63) is 80.6 Å². The molecule has 0 aliphatic rings. The number of pyridine rings is 1. The van der Waals surface area contributed by atoms with Gasteiger partial charge in [0.15, 0.2) is 16.6 Å². The number of aromatic nitrogens is 2. The Hall–Kier alpha value is -3.76. The summed E-state index contributed by atoms with van der Waals surface area (Å²) in [5.41, 5.74) is 1.46. The van der Waals surface area contributed by atoms with Crippen molar-refractivity contribution in [2.45, 2.75) is 13.5 Å². The molecule has 0 unspecified atom stereocenters. The molecule has 4 aromatic rings. The lowest BCUT2D eigenvalue weighted by Gasteiger charge is -2.20. The number of carbonyl (C=O) groups is 1. The summed E-state index contributed by atoms with van der Waals surface area (Å²) in [5, 5.41) is 12.8. The van der Waals surface area contributed by atoms with E-state index in [-0.39, 0.29) is 23.6 Å². The molecule has 0 atom stereocenters. The van der Waals surface area contributed by atoms with E-state index in [0.717, 1.165) is 10.3 Å². The minimum atomic E-state index is -0.629. The fourth-order valence-electron chi connectivity index (χ4n) is 3.42. The zero-order valence-corrected chi connectivity index (χ0v) is 20.0. The van der Waals surface area contributed by atoms with Gasteiger partial charge < -0.3 is 9.47 Å². The third-order valence-corrected chi connectivity index (χ3v) is 6.64. The van der Waals surface area contributed by atoms with Crippen LogP contribution in [0.15, 0.2) is 48.7 Å². The zero-order chi connectivity index (χ0) is 24.4. The Bertz CT molecular complexity index is 1390. The van der Waals surface area contributed by atoms with Crippen LogP contribution in [0.5, 0.6) is 11.5 Å². The maximum Gasteiger partial charge on any atom is 0.286 e. The van der Waals surface area contributed by atoms with Crippen molar-refractivity contribution in [1.29, 1.82) is 0 Å². The first-order valence-electron chi connectivity index (χ1n) is 10.0. The molecule has 1 amide bonds. The monoisotopic (exact) mass is 498 g/mol. The maximum absolute atomic E-state index is 13.8. The van der Waals surface area contributed by atoms with Gasteiger partial charge in [0.1, 0.15) is 5.56 Å². The second kappa shape index (κ2) is 9.62. The van der Waals surface area contributed by atoms with Crippen LogP contribution in [-0.4, -0.2) is 35.0 Å². The van der Waals surface area contributed by atoms with Crippen molar-refractivity contribution >= 4 is 49.9 Å². The van der Waals surface area contributed by atoms with Gasteiger partial charge in [0.05, 0.1) is 47.7 Å². The van der Waals surface area contributed by atoms with Gasteiger partial charge in [0, 0.05) is 17.3 Å². The smallest absolute Gasteiger partial charge is 0.286 e. The number of rotatable bonds is 7. The van der Waals surface area contributed by atoms with Gasteiger partial charge in [-0.2, -0.15) is 0 Å². The Labute approximate surface area is 203 Å². The molecule has 4 rings (SSSR count). The summed E-state index contributed by atoms with van der Waals surface area (Å²) >= 11 is 7.54. The molecule has 0 aliphatic carbocycles. The molecule has 2 aromatic carbocycles. The van der Waals surface area contributed by atoms with Crippen LogP contribution in [0.3, 0.4) is 0 Å². The molecule has 34 heavy (non-hydrogen) atoms. The molecule has 0 radical (unpaired) electrons. The highest BCUT2D eigenvalue weighted by atomic mass is 35.5. The maximum atomic E-state index is 13.8. The number of ether oxygens (including phenoxy) is 2. The van der Waals surface area contributed by atoms with Gasteiger partial charge in [0.2, 0.25) is 0 Å². The Morgan fingerprint density at radius 3 is 2.56 bits per heavy atom. The van der Waals surface area contributed by atoms with E-state index < -0.39 is 16.5 Å². The van der Waals surface area contributed by atoms with Crippen LogP contribution in [-0.2, 0) is 6.54 Å². The number of carbonyl (C=O) groups excluding carboxylic acids is 1. The largest absolute Gasteiger partial charge is 0.493 e. The third-order valence-electron chi connectivity index (χ3n) is 5.19. The van der Waals surface area contributed by atoms with E-state index in [2.05, 4.69) is 9.97 Å². The van der Waals surface area contributed by atoms with Crippen molar-refractivity contribution in [2.24, 2.45) is 0 Å². The van der Waals surface area contributed by atoms with E-state index in [4.69, 9.17) is 21.1 Å². The highest BCUT2D eigenvalue weighted by Crippen LogP contribution is 2.38. The lowest BCUT2D eigenvalue weighted by atomic mass is 10.1. The molecular weight excluding hydrogens is 480 g/mol. The Balaban J connectivity index is 1.89. The van der Waals surface area contributed by atoms with Crippen molar-refractivity contribution < 1.29 is 19.2 Å². The summed E-state index contributed by atoms with van der Waals surface area (Å²) in [7, 11) is 2.76. The highest BCUT2D eigenvalue weighted by molar-refractivity contribution is 7.22. The SMILES string of the molecule is COc1cc(C(=O)N(Cc2ccccn2)c2nc3c(C)c(Cl)ccc3s2)c([N+](=O)[O-])cc1OC. The predicted molar refractivity (Wildman–Crippen MR) is 130 cm³/mol. The van der Waals surface area contributed by atoms with Crippen LogP contribution in [0.2, 0.25) is 5.02 Å². The van der Waals surface area contributed by atoms with E-state index in [0.29, 0.717) is 21.4 Å². The number of nitro benzene ring substituents is 1. The topological polar surface area (TPSA) is 108 Å². The summed E-state index contributed by atoms with van der Waals surface area (Å²) in [5.74, 6) is -0.283. The van der Waals surface area contributed by atoms with Gasteiger partial charge >= 0.3 is 0 Å². The molecule has 2 aromatic heterocycles. The number of fused-ring (bicyclic) bond motifs is 1. The van der Waals surface area contributed by atoms with Crippen LogP contribution >= 0.6 is 22.9 Å². The lowest BCUT2D eigenvalue weighted by molar-refractivity contribution is -0.385. The summed E-state index contributed by atoms with van der Waals surface area (Å²) in [6.07, 6.45) is 1.61. The number of hydrogen-bond acceptors (Lipinski definition) is 8. The molecule has 0 fully saturated rings. The number of amides is 1. The second-order valence-electron chi connectivity index (χ2n) is 7.21. The first kappa shape index (κ1) is 23.4. The average molecular weight is 499 g/mol.